The number of nitrogens with one attached hydrogen (secondary N) is 1. The van der Waals surface area contributed by atoms with E-state index in [1.54, 1.807) is 0 Å². The van der Waals surface area contributed by atoms with Gasteiger partial charge in [-0.3, -0.25) is 9.59 Å². The third-order valence-electron chi connectivity index (χ3n) is 3.53. The van der Waals surface area contributed by atoms with E-state index < -0.39 is 29.2 Å². The number of carbonyl (C=O) groups excluding carboxylic acids is 1. The first-order valence-corrected chi connectivity index (χ1v) is 6.02. The average Bonchev–Trinajstić information content (AvgIpc) is 2.72. The van der Waals surface area contributed by atoms with Crippen molar-refractivity contribution in [3.05, 3.63) is 29.6 Å². The fourth-order valence-electron chi connectivity index (χ4n) is 2.17. The number of hydrogen-bond acceptors (Lipinski definition) is 4. The lowest BCUT2D eigenvalue weighted by Crippen LogP contribution is -2.43. The highest BCUT2D eigenvalue weighted by Crippen LogP contribution is 2.32. The first-order valence-electron chi connectivity index (χ1n) is 6.02. The summed E-state index contributed by atoms with van der Waals surface area (Å²) in [6.07, 6.45) is 0. The van der Waals surface area contributed by atoms with Crippen LogP contribution in [0.15, 0.2) is 18.2 Å². The minimum atomic E-state index is -1.15. The molecule has 4 N–H and O–H groups in total. The predicted molar refractivity (Wildman–Crippen MR) is 68.9 cm³/mol. The van der Waals surface area contributed by atoms with E-state index >= 15 is 0 Å². The molecule has 108 valence electrons. The van der Waals surface area contributed by atoms with Crippen LogP contribution in [0.5, 0.6) is 0 Å². The van der Waals surface area contributed by atoms with Crippen molar-refractivity contribution < 1.29 is 23.8 Å². The zero-order valence-corrected chi connectivity index (χ0v) is 10.9. The molecule has 1 saturated heterocycles. The van der Waals surface area contributed by atoms with E-state index in [0.29, 0.717) is 0 Å². The number of rotatable bonds is 4. The number of ether oxygens (including phenoxy) is 1. The van der Waals surface area contributed by atoms with Crippen LogP contribution in [0.2, 0.25) is 0 Å². The molecule has 20 heavy (non-hydrogen) atoms. The minimum absolute atomic E-state index is 0.0429. The molecule has 1 aromatic rings. The van der Waals surface area contributed by atoms with Crippen LogP contribution in [-0.2, 0) is 9.53 Å². The van der Waals surface area contributed by atoms with Crippen LogP contribution < -0.4 is 11.1 Å². The molecule has 1 amide bonds. The summed E-state index contributed by atoms with van der Waals surface area (Å²) in [5.41, 5.74) is 3.88. The van der Waals surface area contributed by atoms with Gasteiger partial charge >= 0.3 is 5.97 Å². The number of amides is 1. The number of primary amides is 1. The first kappa shape index (κ1) is 14.3. The molecule has 6 nitrogen and oxygen atoms in total. The number of carbonyl (C=O) groups is 2. The van der Waals surface area contributed by atoms with Crippen LogP contribution >= 0.6 is 0 Å². The number of carboxylic acids is 1. The van der Waals surface area contributed by atoms with Crippen molar-refractivity contribution >= 4 is 17.6 Å². The normalized spacial score (nSPS) is 25.4. The van der Waals surface area contributed by atoms with Crippen LogP contribution in [0.3, 0.4) is 0 Å². The van der Waals surface area contributed by atoms with Crippen molar-refractivity contribution in [1.29, 1.82) is 0 Å². The maximum atomic E-state index is 13.6. The van der Waals surface area contributed by atoms with Crippen LogP contribution in [0.4, 0.5) is 10.1 Å². The van der Waals surface area contributed by atoms with Gasteiger partial charge in [-0.2, -0.15) is 0 Å². The van der Waals surface area contributed by atoms with Crippen LogP contribution in [-0.4, -0.2) is 36.2 Å². The maximum absolute atomic E-state index is 13.6. The van der Waals surface area contributed by atoms with E-state index in [9.17, 15) is 19.1 Å². The van der Waals surface area contributed by atoms with E-state index in [-0.39, 0.29) is 24.5 Å². The molecule has 1 heterocycles. The van der Waals surface area contributed by atoms with Crippen molar-refractivity contribution in [1.82, 2.24) is 0 Å². The number of anilines is 1. The highest BCUT2D eigenvalue weighted by molar-refractivity contribution is 5.98. The summed E-state index contributed by atoms with van der Waals surface area (Å²) in [6, 6.07) is 3.43. The van der Waals surface area contributed by atoms with Gasteiger partial charge in [-0.1, -0.05) is 6.07 Å². The molecule has 0 spiro atoms. The Kier molecular flexibility index (Phi) is 3.63. The van der Waals surface area contributed by atoms with Crippen molar-refractivity contribution in [2.45, 2.75) is 13.0 Å². The number of nitrogens with two attached hydrogens (primary N) is 1. The van der Waals surface area contributed by atoms with E-state index in [4.69, 9.17) is 10.5 Å². The van der Waals surface area contributed by atoms with Gasteiger partial charge in [-0.25, -0.2) is 4.39 Å². The molecular weight excluding hydrogens is 267 g/mol. The molecule has 0 bridgehead atoms. The molecule has 7 heteroatoms. The smallest absolute Gasteiger partial charge is 0.313 e. The second-order valence-electron chi connectivity index (χ2n) is 4.96. The summed E-state index contributed by atoms with van der Waals surface area (Å²) in [6.45, 7) is 1.72. The molecule has 0 aliphatic carbocycles. The number of hydrogen-bond donors (Lipinski definition) is 3. The van der Waals surface area contributed by atoms with Gasteiger partial charge in [0.1, 0.15) is 11.2 Å². The Morgan fingerprint density at radius 2 is 2.25 bits per heavy atom. The van der Waals surface area contributed by atoms with Gasteiger partial charge in [0.05, 0.1) is 30.5 Å². The summed E-state index contributed by atoms with van der Waals surface area (Å²) in [7, 11) is 0. The van der Waals surface area contributed by atoms with Crippen molar-refractivity contribution in [2.75, 3.05) is 18.5 Å². The van der Waals surface area contributed by atoms with Gasteiger partial charge in [0.2, 0.25) is 0 Å². The second kappa shape index (κ2) is 5.09. The van der Waals surface area contributed by atoms with E-state index in [1.165, 1.54) is 19.1 Å². The number of aliphatic carboxylic acids is 1. The molecular formula is C13H15FN2O4. The number of carboxylic acid groups (broad SMARTS) is 1. The van der Waals surface area contributed by atoms with Crippen LogP contribution in [0.1, 0.15) is 17.3 Å². The Bertz CT molecular complexity index is 563. The summed E-state index contributed by atoms with van der Waals surface area (Å²) in [5, 5.41) is 12.1. The lowest BCUT2D eigenvalue weighted by molar-refractivity contribution is -0.148. The summed E-state index contributed by atoms with van der Waals surface area (Å²) >= 11 is 0. The molecule has 0 radical (unpaired) electrons. The number of benzene rings is 1. The van der Waals surface area contributed by atoms with Gasteiger partial charge in [0.25, 0.3) is 5.91 Å². The summed E-state index contributed by atoms with van der Waals surface area (Å²) in [5.74, 6) is -2.69. The average molecular weight is 282 g/mol. The molecule has 1 aliphatic rings. The zero-order chi connectivity index (χ0) is 14.9. The molecule has 2 rings (SSSR count). The Morgan fingerprint density at radius 1 is 1.55 bits per heavy atom. The van der Waals surface area contributed by atoms with Gasteiger partial charge in [-0.15, -0.1) is 0 Å². The molecule has 0 aromatic heterocycles. The Labute approximate surface area is 114 Å². The van der Waals surface area contributed by atoms with Crippen molar-refractivity contribution in [3.8, 4) is 0 Å². The van der Waals surface area contributed by atoms with E-state index in [0.717, 1.165) is 6.07 Å². The highest BCUT2D eigenvalue weighted by atomic mass is 19.1. The molecule has 1 fully saturated rings. The van der Waals surface area contributed by atoms with E-state index in [1.807, 2.05) is 0 Å². The quantitative estimate of drug-likeness (QED) is 0.759. The molecule has 0 saturated carbocycles. The zero-order valence-electron chi connectivity index (χ0n) is 10.9. The maximum Gasteiger partial charge on any atom is 0.313 e. The Balaban J connectivity index is 2.33. The third kappa shape index (κ3) is 2.32. The Morgan fingerprint density at radius 3 is 2.85 bits per heavy atom. The fraction of sp³-hybridized carbons (Fsp3) is 0.385. The third-order valence-corrected chi connectivity index (χ3v) is 3.53. The number of halogens is 1. The van der Waals surface area contributed by atoms with Gasteiger partial charge in [-0.05, 0) is 19.1 Å². The molecule has 2 atom stereocenters. The Hall–Kier alpha value is -2.15. The standard InChI is InChI=1S/C13H15FN2O4/c1-13(12(18)19)6-20-5-9(13)16-8-4-2-3-7(14)10(8)11(15)17/h2-4,9,16H,5-6H2,1H3,(H2,15,17)(H,18,19). The second-order valence-corrected chi connectivity index (χ2v) is 4.96. The lowest BCUT2D eigenvalue weighted by Gasteiger charge is -2.27. The molecule has 1 aliphatic heterocycles. The van der Waals surface area contributed by atoms with Gasteiger partial charge in [0, 0.05) is 0 Å². The fourth-order valence-corrected chi connectivity index (χ4v) is 2.17. The van der Waals surface area contributed by atoms with Gasteiger partial charge in [0.15, 0.2) is 0 Å². The van der Waals surface area contributed by atoms with Crippen molar-refractivity contribution in [3.63, 3.8) is 0 Å². The molecule has 1 aromatic carbocycles. The molecule has 2 unspecified atom stereocenters. The SMILES string of the molecule is CC1(C(=O)O)COCC1Nc1cccc(F)c1C(N)=O. The first-order chi connectivity index (χ1) is 9.36. The minimum Gasteiger partial charge on any atom is -0.481 e. The summed E-state index contributed by atoms with van der Waals surface area (Å²) in [4.78, 5) is 22.6. The predicted octanol–water partition coefficient (Wildman–Crippen LogP) is 0.826. The largest absolute Gasteiger partial charge is 0.481 e. The summed E-state index contributed by atoms with van der Waals surface area (Å²) < 4.78 is 18.8. The lowest BCUT2D eigenvalue weighted by atomic mass is 9.85. The monoisotopic (exact) mass is 282 g/mol. The topological polar surface area (TPSA) is 102 Å². The van der Waals surface area contributed by atoms with Crippen molar-refractivity contribution in [2.24, 2.45) is 11.1 Å². The highest BCUT2D eigenvalue weighted by Gasteiger charge is 2.47. The van der Waals surface area contributed by atoms with Gasteiger partial charge < -0.3 is 20.9 Å². The van der Waals surface area contributed by atoms with Crippen LogP contribution in [0.25, 0.3) is 0 Å². The van der Waals surface area contributed by atoms with E-state index in [2.05, 4.69) is 5.32 Å². The van der Waals surface area contributed by atoms with Crippen LogP contribution in [0, 0.1) is 11.2 Å².